The van der Waals surface area contributed by atoms with Crippen molar-refractivity contribution >= 4 is 33.3 Å². The molecule has 0 aliphatic heterocycles. The maximum Gasteiger partial charge on any atom is 0.295 e. The molecule has 4 N–H and O–H groups in total. The first-order valence-electron chi connectivity index (χ1n) is 7.75. The summed E-state index contributed by atoms with van der Waals surface area (Å²) in [7, 11) is -2.19. The van der Waals surface area contributed by atoms with Crippen LogP contribution in [0, 0.1) is 10.1 Å². The zero-order valence-corrected chi connectivity index (χ0v) is 15.3. The Kier molecular flexibility index (Phi) is 6.45. The van der Waals surface area contributed by atoms with Crippen LogP contribution in [0.2, 0.25) is 0 Å². The molecule has 0 bridgehead atoms. The minimum Gasteiger partial charge on any atom is -0.395 e. The van der Waals surface area contributed by atoms with Crippen LogP contribution >= 0.6 is 0 Å². The lowest BCUT2D eigenvalue weighted by Gasteiger charge is -2.17. The standard InChI is InChI=1S/C16H19N5O5S/c1-20(8-9-22)13-4-2-12(3-5-13)11-18-19-15-7-6-14(27(17,25)26)10-16(15)21(23)24/h2-7,10-11,19,22H,8-9H2,1H3,(H2,17,25,26). The second-order valence-electron chi connectivity index (χ2n) is 5.59. The third-order valence-corrected chi connectivity index (χ3v) is 4.57. The van der Waals surface area contributed by atoms with E-state index in [0.29, 0.717) is 6.54 Å². The molecule has 2 rings (SSSR count). The Morgan fingerprint density at radius 1 is 1.30 bits per heavy atom. The molecule has 0 aromatic heterocycles. The fourth-order valence-electron chi connectivity index (χ4n) is 2.20. The van der Waals surface area contributed by atoms with Crippen molar-refractivity contribution in [1.82, 2.24) is 0 Å². The first-order chi connectivity index (χ1) is 12.7. The fraction of sp³-hybridized carbons (Fsp3) is 0.188. The second-order valence-corrected chi connectivity index (χ2v) is 7.15. The van der Waals surface area contributed by atoms with Gasteiger partial charge in [0.1, 0.15) is 5.69 Å². The molecule has 10 nitrogen and oxygen atoms in total. The van der Waals surface area contributed by atoms with Crippen LogP contribution in [0.4, 0.5) is 17.1 Å². The van der Waals surface area contributed by atoms with Crippen molar-refractivity contribution in [3.8, 4) is 0 Å². The van der Waals surface area contributed by atoms with Crippen LogP contribution in [0.5, 0.6) is 0 Å². The highest BCUT2D eigenvalue weighted by Gasteiger charge is 2.18. The third-order valence-electron chi connectivity index (χ3n) is 3.66. The van der Waals surface area contributed by atoms with Crippen LogP contribution in [0.1, 0.15) is 5.56 Å². The van der Waals surface area contributed by atoms with Crippen LogP contribution < -0.4 is 15.5 Å². The average molecular weight is 393 g/mol. The van der Waals surface area contributed by atoms with Crippen molar-refractivity contribution < 1.29 is 18.4 Å². The molecule has 0 aliphatic carbocycles. The van der Waals surface area contributed by atoms with Gasteiger partial charge in [0.05, 0.1) is 22.6 Å². The number of hydrogen-bond donors (Lipinski definition) is 3. The monoisotopic (exact) mass is 393 g/mol. The van der Waals surface area contributed by atoms with E-state index in [1.54, 1.807) is 12.1 Å². The fourth-order valence-corrected chi connectivity index (χ4v) is 2.74. The number of anilines is 2. The van der Waals surface area contributed by atoms with Gasteiger partial charge in [0.2, 0.25) is 10.0 Å². The molecule has 0 radical (unpaired) electrons. The Morgan fingerprint density at radius 3 is 2.52 bits per heavy atom. The molecule has 2 aromatic rings. The van der Waals surface area contributed by atoms with Crippen molar-refractivity contribution in [2.24, 2.45) is 10.2 Å². The number of nitro benzene ring substituents is 1. The van der Waals surface area contributed by atoms with Crippen LogP contribution in [0.25, 0.3) is 0 Å². The van der Waals surface area contributed by atoms with Gasteiger partial charge in [0.15, 0.2) is 0 Å². The molecular weight excluding hydrogens is 374 g/mol. The molecule has 2 aromatic carbocycles. The molecule has 144 valence electrons. The van der Waals surface area contributed by atoms with Gasteiger partial charge < -0.3 is 10.0 Å². The van der Waals surface area contributed by atoms with E-state index in [1.165, 1.54) is 12.3 Å². The van der Waals surface area contributed by atoms with E-state index < -0.39 is 20.6 Å². The molecular formula is C16H19N5O5S. The van der Waals surface area contributed by atoms with Gasteiger partial charge in [-0.15, -0.1) is 0 Å². The van der Waals surface area contributed by atoms with Crippen LogP contribution in [0.15, 0.2) is 52.5 Å². The number of nitro groups is 1. The molecule has 0 saturated heterocycles. The first kappa shape index (κ1) is 20.3. The highest BCUT2D eigenvalue weighted by Crippen LogP contribution is 2.27. The van der Waals surface area contributed by atoms with Crippen LogP contribution in [-0.2, 0) is 10.0 Å². The smallest absolute Gasteiger partial charge is 0.295 e. The summed E-state index contributed by atoms with van der Waals surface area (Å²) in [4.78, 5) is 11.9. The van der Waals surface area contributed by atoms with E-state index in [9.17, 15) is 18.5 Å². The van der Waals surface area contributed by atoms with Gasteiger partial charge in [-0.2, -0.15) is 5.10 Å². The van der Waals surface area contributed by atoms with E-state index in [1.807, 2.05) is 24.1 Å². The number of aliphatic hydroxyl groups is 1. The summed E-state index contributed by atoms with van der Waals surface area (Å²) in [6, 6.07) is 10.5. The Balaban J connectivity index is 2.15. The minimum absolute atomic E-state index is 0.0305. The largest absolute Gasteiger partial charge is 0.395 e. The van der Waals surface area contributed by atoms with E-state index >= 15 is 0 Å². The van der Waals surface area contributed by atoms with Gasteiger partial charge in [-0.25, -0.2) is 13.6 Å². The summed E-state index contributed by atoms with van der Waals surface area (Å²) in [5, 5.41) is 29.0. The number of nitrogens with one attached hydrogen (secondary N) is 1. The predicted molar refractivity (Wildman–Crippen MR) is 102 cm³/mol. The van der Waals surface area contributed by atoms with Crippen molar-refractivity contribution in [2.75, 3.05) is 30.5 Å². The number of aliphatic hydroxyl groups excluding tert-OH is 1. The second kappa shape index (κ2) is 8.58. The summed E-state index contributed by atoms with van der Waals surface area (Å²) in [6.45, 7) is 0.555. The van der Waals surface area contributed by atoms with Gasteiger partial charge in [0, 0.05) is 25.3 Å². The molecule has 27 heavy (non-hydrogen) atoms. The van der Waals surface area contributed by atoms with E-state index in [0.717, 1.165) is 23.4 Å². The minimum atomic E-state index is -4.04. The molecule has 0 amide bonds. The molecule has 0 aliphatic rings. The van der Waals surface area contributed by atoms with E-state index in [4.69, 9.17) is 10.2 Å². The summed E-state index contributed by atoms with van der Waals surface area (Å²) in [6.07, 6.45) is 1.47. The number of hydrogen-bond acceptors (Lipinski definition) is 8. The quantitative estimate of drug-likeness (QED) is 0.345. The summed E-state index contributed by atoms with van der Waals surface area (Å²) in [5.41, 5.74) is 3.76. The summed E-state index contributed by atoms with van der Waals surface area (Å²) >= 11 is 0. The number of likely N-dealkylation sites (N-methyl/N-ethyl adjacent to an activating group) is 1. The number of hydrazone groups is 1. The Labute approximate surface area is 156 Å². The summed E-state index contributed by atoms with van der Waals surface area (Å²) in [5.74, 6) is 0. The lowest BCUT2D eigenvalue weighted by atomic mass is 10.2. The van der Waals surface area contributed by atoms with Gasteiger partial charge in [-0.1, -0.05) is 12.1 Å². The highest BCUT2D eigenvalue weighted by atomic mass is 32.2. The van der Waals surface area contributed by atoms with Gasteiger partial charge >= 0.3 is 0 Å². The predicted octanol–water partition coefficient (Wildman–Crippen LogP) is 1.12. The molecule has 11 heteroatoms. The first-order valence-corrected chi connectivity index (χ1v) is 9.29. The molecule has 0 heterocycles. The van der Waals surface area contributed by atoms with Crippen molar-refractivity contribution in [3.05, 3.63) is 58.1 Å². The topological polar surface area (TPSA) is 151 Å². The molecule has 0 atom stereocenters. The van der Waals surface area contributed by atoms with Crippen molar-refractivity contribution in [1.29, 1.82) is 0 Å². The normalized spacial score (nSPS) is 11.5. The lowest BCUT2D eigenvalue weighted by molar-refractivity contribution is -0.384. The van der Waals surface area contributed by atoms with Crippen molar-refractivity contribution in [2.45, 2.75) is 4.90 Å². The van der Waals surface area contributed by atoms with Gasteiger partial charge in [-0.3, -0.25) is 15.5 Å². The molecule has 0 unspecified atom stereocenters. The maximum atomic E-state index is 11.3. The highest BCUT2D eigenvalue weighted by molar-refractivity contribution is 7.89. The third kappa shape index (κ3) is 5.48. The van der Waals surface area contributed by atoms with Gasteiger partial charge in [0.25, 0.3) is 5.69 Å². The van der Waals surface area contributed by atoms with Crippen LogP contribution in [0.3, 0.4) is 0 Å². The van der Waals surface area contributed by atoms with Crippen molar-refractivity contribution in [3.63, 3.8) is 0 Å². The number of sulfonamides is 1. The Morgan fingerprint density at radius 2 is 1.96 bits per heavy atom. The number of nitrogens with zero attached hydrogens (tertiary/aromatic N) is 3. The van der Waals surface area contributed by atoms with E-state index in [2.05, 4.69) is 10.5 Å². The number of benzene rings is 2. The SMILES string of the molecule is CN(CCO)c1ccc(C=NNc2ccc(S(N)(=O)=O)cc2[N+](=O)[O-])cc1. The molecule has 0 saturated carbocycles. The zero-order chi connectivity index (χ0) is 20.0. The Bertz CT molecular complexity index is 944. The van der Waals surface area contributed by atoms with Gasteiger partial charge in [-0.05, 0) is 29.8 Å². The summed E-state index contributed by atoms with van der Waals surface area (Å²) < 4.78 is 22.6. The number of primary sulfonamides is 1. The average Bonchev–Trinajstić information content (AvgIpc) is 2.61. The number of rotatable bonds is 8. The molecule has 0 fully saturated rings. The lowest BCUT2D eigenvalue weighted by Crippen LogP contribution is -2.20. The van der Waals surface area contributed by atoms with E-state index in [-0.39, 0.29) is 17.2 Å². The Hall–Kier alpha value is -3.02. The zero-order valence-electron chi connectivity index (χ0n) is 14.4. The molecule has 0 spiro atoms. The number of nitrogens with two attached hydrogens (primary N) is 1. The van der Waals surface area contributed by atoms with Crippen LogP contribution in [-0.4, -0.2) is 44.9 Å². The maximum absolute atomic E-state index is 11.3.